The maximum Gasteiger partial charge on any atom is 0.582 e. The van der Waals surface area contributed by atoms with Gasteiger partial charge in [0.15, 0.2) is 0 Å². The van der Waals surface area contributed by atoms with Crippen LogP contribution in [0.5, 0.6) is 0 Å². The van der Waals surface area contributed by atoms with E-state index in [0.29, 0.717) is 13.2 Å². The lowest BCUT2D eigenvalue weighted by Crippen LogP contribution is -1.99. The van der Waals surface area contributed by atoms with Gasteiger partial charge in [-0.2, -0.15) is 0 Å². The molecule has 3 nitrogen and oxygen atoms in total. The van der Waals surface area contributed by atoms with Crippen molar-refractivity contribution in [2.75, 3.05) is 13.2 Å². The topological polar surface area (TPSA) is 52.3 Å². The number of thiol groups is 1. The van der Waals surface area contributed by atoms with E-state index in [9.17, 15) is 4.57 Å². The van der Waals surface area contributed by atoms with E-state index in [1.54, 1.807) is 0 Å². The van der Waals surface area contributed by atoms with Gasteiger partial charge < -0.3 is 5.73 Å². The molecule has 1 atom stereocenters. The second-order valence-electron chi connectivity index (χ2n) is 1.57. The van der Waals surface area contributed by atoms with E-state index in [1.165, 1.54) is 0 Å². The maximum atomic E-state index is 10.2. The fraction of sp³-hybridized carbons (Fsp3) is 1.00. The Hall–Kier alpha value is 0.370. The fourth-order valence-corrected chi connectivity index (χ4v) is 0.919. The normalized spacial score (nSPS) is 11.6. The third kappa shape index (κ3) is 8.37. The van der Waals surface area contributed by atoms with Crippen LogP contribution in [0.3, 0.4) is 0 Å². The highest BCUT2D eigenvalue weighted by atomic mass is 32.7. The first-order valence-electron chi connectivity index (χ1n) is 2.76. The summed E-state index contributed by atoms with van der Waals surface area (Å²) in [5.41, 5.74) is 5.20. The van der Waals surface area contributed by atoms with Crippen LogP contribution in [0.1, 0.15) is 12.8 Å². The van der Waals surface area contributed by atoms with Gasteiger partial charge in [0.05, 0.1) is 0 Å². The molecule has 0 saturated heterocycles. The van der Waals surface area contributed by atoms with Crippen LogP contribution in [0.15, 0.2) is 0 Å². The first kappa shape index (κ1) is 9.37. The van der Waals surface area contributed by atoms with Crippen molar-refractivity contribution in [3.63, 3.8) is 0 Å². The van der Waals surface area contributed by atoms with Crippen molar-refractivity contribution >= 4 is 19.5 Å². The SMILES string of the molecule is NCCCCO[P+](=O)S. The van der Waals surface area contributed by atoms with Gasteiger partial charge in [-0.3, -0.25) is 0 Å². The van der Waals surface area contributed by atoms with E-state index in [0.717, 1.165) is 12.8 Å². The van der Waals surface area contributed by atoms with Gasteiger partial charge in [-0.1, -0.05) is 0 Å². The highest BCUT2D eigenvalue weighted by Crippen LogP contribution is 2.26. The number of rotatable bonds is 5. The number of hydrogen-bond acceptors (Lipinski definition) is 3. The van der Waals surface area contributed by atoms with E-state index in [-0.39, 0.29) is 0 Å². The monoisotopic (exact) mass is 168 g/mol. The van der Waals surface area contributed by atoms with E-state index >= 15 is 0 Å². The predicted molar refractivity (Wildman–Crippen MR) is 40.8 cm³/mol. The van der Waals surface area contributed by atoms with Gasteiger partial charge in [0, 0.05) is 0 Å². The summed E-state index contributed by atoms with van der Waals surface area (Å²) in [4.78, 5) is 0. The highest BCUT2D eigenvalue weighted by molar-refractivity contribution is 8.39. The Morgan fingerprint density at radius 2 is 2.22 bits per heavy atom. The van der Waals surface area contributed by atoms with Crippen LogP contribution < -0.4 is 5.73 Å². The van der Waals surface area contributed by atoms with Gasteiger partial charge >= 0.3 is 7.23 Å². The molecular formula is C4H11NO2PS+. The lowest BCUT2D eigenvalue weighted by molar-refractivity contribution is 0.329. The quantitative estimate of drug-likeness (QED) is 0.370. The average Bonchev–Trinajstić information content (AvgIpc) is 1.80. The number of nitrogens with two attached hydrogens (primary N) is 1. The summed E-state index contributed by atoms with van der Waals surface area (Å²) in [6.45, 7) is 1.16. The minimum Gasteiger partial charge on any atom is -0.330 e. The second-order valence-corrected chi connectivity index (χ2v) is 3.28. The molecule has 0 aliphatic carbocycles. The van der Waals surface area contributed by atoms with Crippen LogP contribution in [0, 0.1) is 0 Å². The summed E-state index contributed by atoms with van der Waals surface area (Å²) in [6, 6.07) is 0. The van der Waals surface area contributed by atoms with E-state index in [2.05, 4.69) is 16.8 Å². The van der Waals surface area contributed by atoms with E-state index in [4.69, 9.17) is 5.73 Å². The fourth-order valence-electron chi connectivity index (χ4n) is 0.389. The standard InChI is InChI=1S/C4H10NO2PS/c5-3-1-2-4-7-8(6)9/h1-5H2/p+1. The van der Waals surface area contributed by atoms with Gasteiger partial charge in [-0.25, -0.2) is 0 Å². The summed E-state index contributed by atoms with van der Waals surface area (Å²) in [5, 5.41) is 0. The molecule has 0 aliphatic heterocycles. The van der Waals surface area contributed by atoms with Crippen molar-refractivity contribution in [2.45, 2.75) is 12.8 Å². The van der Waals surface area contributed by atoms with Crippen molar-refractivity contribution in [2.24, 2.45) is 5.73 Å². The molecule has 0 bridgehead atoms. The zero-order valence-electron chi connectivity index (χ0n) is 5.12. The van der Waals surface area contributed by atoms with Crippen molar-refractivity contribution < 1.29 is 9.09 Å². The van der Waals surface area contributed by atoms with Gasteiger partial charge in [0.25, 0.3) is 0 Å². The third-order valence-electron chi connectivity index (χ3n) is 0.800. The van der Waals surface area contributed by atoms with Gasteiger partial charge in [-0.05, 0) is 24.0 Å². The Morgan fingerprint density at radius 3 is 2.67 bits per heavy atom. The van der Waals surface area contributed by atoms with Crippen LogP contribution in [0.25, 0.3) is 0 Å². The molecule has 54 valence electrons. The molecule has 0 spiro atoms. The molecule has 1 unspecified atom stereocenters. The molecule has 0 rings (SSSR count). The minimum absolute atomic E-state index is 0.496. The van der Waals surface area contributed by atoms with Crippen molar-refractivity contribution in [1.82, 2.24) is 0 Å². The molecule has 0 amide bonds. The molecule has 0 saturated carbocycles. The Labute approximate surface area is 61.0 Å². The lowest BCUT2D eigenvalue weighted by atomic mass is 10.3. The Morgan fingerprint density at radius 1 is 1.56 bits per heavy atom. The molecule has 0 fully saturated rings. The molecule has 2 N–H and O–H groups in total. The molecule has 5 heteroatoms. The summed E-state index contributed by atoms with van der Waals surface area (Å²) in [6.07, 6.45) is 1.77. The number of hydrogen-bond donors (Lipinski definition) is 2. The summed E-state index contributed by atoms with van der Waals surface area (Å²) in [5.74, 6) is 0. The second kappa shape index (κ2) is 6.49. The lowest BCUT2D eigenvalue weighted by Gasteiger charge is -1.88. The van der Waals surface area contributed by atoms with Crippen LogP contribution in [0.4, 0.5) is 0 Å². The average molecular weight is 168 g/mol. The van der Waals surface area contributed by atoms with Gasteiger partial charge in [0.1, 0.15) is 18.9 Å². The van der Waals surface area contributed by atoms with Crippen LogP contribution >= 0.6 is 19.5 Å². The Bertz CT molecular complexity index is 90.6. The van der Waals surface area contributed by atoms with Gasteiger partial charge in [-0.15, -0.1) is 4.52 Å². The maximum absolute atomic E-state index is 10.2. The first-order valence-corrected chi connectivity index (χ1v) is 5.09. The molecule has 0 radical (unpaired) electrons. The summed E-state index contributed by atoms with van der Waals surface area (Å²) in [7, 11) is -1.71. The van der Waals surface area contributed by atoms with Crippen LogP contribution in [-0.2, 0) is 9.09 Å². The Kier molecular flexibility index (Phi) is 6.76. The minimum atomic E-state index is -1.71. The highest BCUT2D eigenvalue weighted by Gasteiger charge is 2.06. The largest absolute Gasteiger partial charge is 0.582 e. The molecule has 0 aromatic carbocycles. The molecule has 0 heterocycles. The molecule has 0 aromatic rings. The summed E-state index contributed by atoms with van der Waals surface area (Å²) >= 11 is 3.56. The molecule has 9 heavy (non-hydrogen) atoms. The zero-order valence-corrected chi connectivity index (χ0v) is 6.91. The van der Waals surface area contributed by atoms with E-state index in [1.807, 2.05) is 0 Å². The first-order chi connectivity index (χ1) is 4.27. The predicted octanol–water partition coefficient (Wildman–Crippen LogP) is 1.33. The van der Waals surface area contributed by atoms with Crippen molar-refractivity contribution in [3.05, 3.63) is 0 Å². The smallest absolute Gasteiger partial charge is 0.330 e. The van der Waals surface area contributed by atoms with Crippen molar-refractivity contribution in [3.8, 4) is 0 Å². The van der Waals surface area contributed by atoms with Crippen molar-refractivity contribution in [1.29, 1.82) is 0 Å². The zero-order chi connectivity index (χ0) is 7.11. The number of unbranched alkanes of at least 4 members (excludes halogenated alkanes) is 1. The third-order valence-corrected chi connectivity index (χ3v) is 1.55. The molecular weight excluding hydrogens is 157 g/mol. The van der Waals surface area contributed by atoms with Gasteiger partial charge in [0.2, 0.25) is 0 Å². The van der Waals surface area contributed by atoms with Crippen LogP contribution in [-0.4, -0.2) is 13.2 Å². The summed E-state index contributed by atoms with van der Waals surface area (Å²) < 4.78 is 14.8. The van der Waals surface area contributed by atoms with E-state index < -0.39 is 7.23 Å². The van der Waals surface area contributed by atoms with Crippen LogP contribution in [0.2, 0.25) is 0 Å². The molecule has 0 aromatic heterocycles. The Balaban J connectivity index is 2.83. The molecule has 0 aliphatic rings.